The molecule has 0 aliphatic carbocycles. The highest BCUT2D eigenvalue weighted by Gasteiger charge is 2.14. The smallest absolute Gasteiger partial charge is 0.191 e. The van der Waals surface area contributed by atoms with Gasteiger partial charge in [-0.15, -0.1) is 24.0 Å². The second-order valence-corrected chi connectivity index (χ2v) is 5.77. The summed E-state index contributed by atoms with van der Waals surface area (Å²) in [7, 11) is 3.45. The average molecular weight is 463 g/mol. The maximum absolute atomic E-state index is 5.65. The topological polar surface area (TPSA) is 64.1 Å². The van der Waals surface area contributed by atoms with Crippen LogP contribution in [0.1, 0.15) is 24.8 Å². The molecule has 1 aliphatic heterocycles. The van der Waals surface area contributed by atoms with Gasteiger partial charge in [0.15, 0.2) is 5.96 Å². The molecule has 6 nitrogen and oxygen atoms in total. The third kappa shape index (κ3) is 8.73. The van der Waals surface area contributed by atoms with E-state index in [4.69, 9.17) is 14.2 Å². The van der Waals surface area contributed by atoms with Crippen molar-refractivity contribution in [1.29, 1.82) is 0 Å². The molecule has 1 aromatic carbocycles. The molecule has 0 radical (unpaired) electrons. The lowest BCUT2D eigenvalue weighted by atomic mass is 10.2. The van der Waals surface area contributed by atoms with Crippen molar-refractivity contribution in [3.8, 4) is 5.75 Å². The molecular weight excluding hydrogens is 433 g/mol. The molecule has 1 heterocycles. The molecule has 0 saturated carbocycles. The summed E-state index contributed by atoms with van der Waals surface area (Å²) in [5.74, 6) is 1.65. The van der Waals surface area contributed by atoms with Crippen molar-refractivity contribution in [3.63, 3.8) is 0 Å². The summed E-state index contributed by atoms with van der Waals surface area (Å²) in [6, 6.07) is 7.99. The number of guanidine groups is 1. The quantitative estimate of drug-likeness (QED) is 0.255. The second kappa shape index (κ2) is 13.2. The Morgan fingerprint density at radius 3 is 2.96 bits per heavy atom. The first-order chi connectivity index (χ1) is 11.8. The van der Waals surface area contributed by atoms with Gasteiger partial charge in [-0.25, -0.2) is 0 Å². The minimum Gasteiger partial charge on any atom is -0.497 e. The molecule has 2 rings (SSSR count). The highest BCUT2D eigenvalue weighted by Crippen LogP contribution is 2.12. The van der Waals surface area contributed by atoms with Crippen LogP contribution in [-0.4, -0.2) is 52.6 Å². The molecule has 1 unspecified atom stereocenters. The fraction of sp³-hybridized carbons (Fsp3) is 0.611. The molecule has 25 heavy (non-hydrogen) atoms. The highest BCUT2D eigenvalue weighted by atomic mass is 127. The number of hydrogen-bond donors (Lipinski definition) is 2. The average Bonchev–Trinajstić information content (AvgIpc) is 3.14. The van der Waals surface area contributed by atoms with Crippen molar-refractivity contribution in [2.75, 3.05) is 40.5 Å². The van der Waals surface area contributed by atoms with Crippen molar-refractivity contribution >= 4 is 29.9 Å². The van der Waals surface area contributed by atoms with Crippen molar-refractivity contribution in [2.24, 2.45) is 4.99 Å². The Morgan fingerprint density at radius 2 is 2.24 bits per heavy atom. The van der Waals surface area contributed by atoms with Gasteiger partial charge in [0.2, 0.25) is 0 Å². The van der Waals surface area contributed by atoms with E-state index in [9.17, 15) is 0 Å². The molecule has 142 valence electrons. The lowest BCUT2D eigenvalue weighted by Gasteiger charge is -2.13. The van der Waals surface area contributed by atoms with Gasteiger partial charge in [-0.05, 0) is 37.0 Å². The minimum atomic E-state index is 0. The molecule has 1 aliphatic rings. The van der Waals surface area contributed by atoms with Crippen molar-refractivity contribution in [3.05, 3.63) is 29.8 Å². The standard InChI is InChI=1S/C18H29N3O3.HI/c1-19-18(21-13-15-6-3-7-16(12-15)22-2)20-9-5-10-23-14-17-8-4-11-24-17;/h3,6-7,12,17H,4-5,8-11,13-14H2,1-2H3,(H2,19,20,21);1H. The molecule has 1 atom stereocenters. The van der Waals surface area contributed by atoms with Crippen LogP contribution < -0.4 is 15.4 Å². The summed E-state index contributed by atoms with van der Waals surface area (Å²) >= 11 is 0. The maximum Gasteiger partial charge on any atom is 0.191 e. The maximum atomic E-state index is 5.65. The van der Waals surface area contributed by atoms with E-state index in [0.29, 0.717) is 19.3 Å². The Bertz CT molecular complexity index is 508. The zero-order valence-corrected chi connectivity index (χ0v) is 17.5. The van der Waals surface area contributed by atoms with Gasteiger partial charge in [0.1, 0.15) is 5.75 Å². The largest absolute Gasteiger partial charge is 0.497 e. The van der Waals surface area contributed by atoms with Gasteiger partial charge >= 0.3 is 0 Å². The van der Waals surface area contributed by atoms with Gasteiger partial charge in [0.25, 0.3) is 0 Å². The number of hydrogen-bond acceptors (Lipinski definition) is 4. The Balaban J connectivity index is 0.00000312. The summed E-state index contributed by atoms with van der Waals surface area (Å²) < 4.78 is 16.4. The molecule has 0 spiro atoms. The van der Waals surface area contributed by atoms with E-state index in [-0.39, 0.29) is 24.0 Å². The van der Waals surface area contributed by atoms with E-state index in [1.165, 1.54) is 0 Å². The van der Waals surface area contributed by atoms with E-state index < -0.39 is 0 Å². The summed E-state index contributed by atoms with van der Waals surface area (Å²) in [6.45, 7) is 3.85. The fourth-order valence-electron chi connectivity index (χ4n) is 2.56. The predicted molar refractivity (Wildman–Crippen MR) is 111 cm³/mol. The number of nitrogens with zero attached hydrogens (tertiary/aromatic N) is 1. The molecule has 0 amide bonds. The Hall–Kier alpha value is -1.06. The second-order valence-electron chi connectivity index (χ2n) is 5.77. The number of benzene rings is 1. The first-order valence-corrected chi connectivity index (χ1v) is 8.58. The van der Waals surface area contributed by atoms with Crippen LogP contribution in [0.5, 0.6) is 5.75 Å². The van der Waals surface area contributed by atoms with Gasteiger partial charge in [0, 0.05) is 33.4 Å². The molecule has 1 fully saturated rings. The molecule has 0 bridgehead atoms. The predicted octanol–water partition coefficient (Wildman–Crippen LogP) is 2.56. The fourth-order valence-corrected chi connectivity index (χ4v) is 2.56. The molecule has 1 saturated heterocycles. The number of nitrogens with one attached hydrogen (secondary N) is 2. The van der Waals surface area contributed by atoms with Crippen LogP contribution in [-0.2, 0) is 16.0 Å². The monoisotopic (exact) mass is 463 g/mol. The minimum absolute atomic E-state index is 0. The van der Waals surface area contributed by atoms with Crippen molar-refractivity contribution < 1.29 is 14.2 Å². The van der Waals surface area contributed by atoms with Crippen LogP contribution in [0.15, 0.2) is 29.3 Å². The van der Waals surface area contributed by atoms with E-state index in [2.05, 4.69) is 21.7 Å². The molecule has 7 heteroatoms. The zero-order chi connectivity index (χ0) is 17.0. The normalized spacial score (nSPS) is 17.0. The van der Waals surface area contributed by atoms with Gasteiger partial charge in [0.05, 0.1) is 19.8 Å². The van der Waals surface area contributed by atoms with E-state index >= 15 is 0 Å². The molecule has 1 aromatic rings. The van der Waals surface area contributed by atoms with Crippen LogP contribution in [0.2, 0.25) is 0 Å². The van der Waals surface area contributed by atoms with Gasteiger partial charge in [-0.2, -0.15) is 0 Å². The molecular formula is C18H30IN3O3. The van der Waals surface area contributed by atoms with Crippen LogP contribution in [0.4, 0.5) is 0 Å². The van der Waals surface area contributed by atoms with E-state index in [0.717, 1.165) is 56.3 Å². The van der Waals surface area contributed by atoms with E-state index in [1.807, 2.05) is 18.2 Å². The van der Waals surface area contributed by atoms with Gasteiger partial charge in [-0.3, -0.25) is 4.99 Å². The Kier molecular flexibility index (Phi) is 11.6. The zero-order valence-electron chi connectivity index (χ0n) is 15.1. The Morgan fingerprint density at radius 1 is 1.36 bits per heavy atom. The third-order valence-electron chi connectivity index (χ3n) is 3.90. The first kappa shape index (κ1) is 22.0. The van der Waals surface area contributed by atoms with E-state index in [1.54, 1.807) is 14.2 Å². The summed E-state index contributed by atoms with van der Waals surface area (Å²) in [5.41, 5.74) is 1.15. The number of halogens is 1. The number of ether oxygens (including phenoxy) is 3. The third-order valence-corrected chi connectivity index (χ3v) is 3.90. The van der Waals surface area contributed by atoms with Crippen molar-refractivity contribution in [2.45, 2.75) is 31.9 Å². The summed E-state index contributed by atoms with van der Waals surface area (Å²) in [5, 5.41) is 6.59. The molecule has 2 N–H and O–H groups in total. The van der Waals surface area contributed by atoms with Crippen molar-refractivity contribution in [1.82, 2.24) is 10.6 Å². The van der Waals surface area contributed by atoms with Crippen LogP contribution in [0.25, 0.3) is 0 Å². The SMILES string of the molecule is CN=C(NCCCOCC1CCCO1)NCc1cccc(OC)c1.I. The lowest BCUT2D eigenvalue weighted by Crippen LogP contribution is -2.37. The Labute approximate surface area is 167 Å². The van der Waals surface area contributed by atoms with Crippen LogP contribution in [0, 0.1) is 0 Å². The lowest BCUT2D eigenvalue weighted by molar-refractivity contribution is 0.0168. The highest BCUT2D eigenvalue weighted by molar-refractivity contribution is 14.0. The van der Waals surface area contributed by atoms with Crippen LogP contribution in [0.3, 0.4) is 0 Å². The first-order valence-electron chi connectivity index (χ1n) is 8.58. The summed E-state index contributed by atoms with van der Waals surface area (Å²) in [6.07, 6.45) is 3.52. The number of methoxy groups -OCH3 is 1. The summed E-state index contributed by atoms with van der Waals surface area (Å²) in [4.78, 5) is 4.23. The number of rotatable bonds is 9. The molecule has 0 aromatic heterocycles. The van der Waals surface area contributed by atoms with Gasteiger partial charge < -0.3 is 24.8 Å². The van der Waals surface area contributed by atoms with Crippen LogP contribution >= 0.6 is 24.0 Å². The number of aliphatic imine (C=N–C) groups is 1. The van der Waals surface area contributed by atoms with Gasteiger partial charge in [-0.1, -0.05) is 12.1 Å².